The number of allylic oxidation sites excluding steroid dienone is 2. The van der Waals surface area contributed by atoms with Crippen LogP contribution in [0.5, 0.6) is 0 Å². The largest absolute Gasteiger partial charge is 0.450 e. The molecule has 1 aliphatic heterocycles. The Bertz CT molecular complexity index is 2030. The summed E-state index contributed by atoms with van der Waals surface area (Å²) in [4.78, 5) is 61.8. The zero-order valence-electron chi connectivity index (χ0n) is 30.4. The van der Waals surface area contributed by atoms with E-state index in [4.69, 9.17) is 14.7 Å². The summed E-state index contributed by atoms with van der Waals surface area (Å²) in [6.45, 7) is 9.49. The Kier molecular flexibility index (Phi) is 9.71. The normalized spacial score (nSPS) is 30.1. The first-order chi connectivity index (χ1) is 25.2. The highest BCUT2D eigenvalue weighted by molar-refractivity contribution is 7.90. The standard InChI is InChI=1S/C41H47N3O8S/c1-5-25-22-41(25,38(47)44-53(49,50)27-15-16-27)23-34(45)31-20-26-21-33(31)36(46)37(40(2,3)4)42-39(48)51-18-10-6-7-11-24-14-17-29-28-12-8-9-13-30(28)35(43-52-26)32(29)19-24/h5,7-9,11-14,17,19,25-27,31,33,37H,1,6,10,15-16,18,20-23H2,2-4H3,(H,42,48)(H,44,47)/b11-7+,43-35+/t25-,26-,31-,33?,37-,41-/m1/s1. The number of nitrogens with zero attached hydrogens (tertiary/aromatic N) is 1. The molecule has 3 saturated carbocycles. The lowest BCUT2D eigenvalue weighted by atomic mass is 9.75. The van der Waals surface area contributed by atoms with Gasteiger partial charge in [0.15, 0.2) is 5.78 Å². The van der Waals surface area contributed by atoms with E-state index in [0.717, 1.165) is 27.8 Å². The van der Waals surface area contributed by atoms with E-state index in [2.05, 4.69) is 28.8 Å². The molecule has 1 unspecified atom stereocenters. The number of benzene rings is 2. The van der Waals surface area contributed by atoms with Gasteiger partial charge in [0.05, 0.1) is 23.3 Å². The zero-order valence-corrected chi connectivity index (χ0v) is 31.2. The van der Waals surface area contributed by atoms with Gasteiger partial charge in [0, 0.05) is 29.4 Å². The van der Waals surface area contributed by atoms with Crippen molar-refractivity contribution < 1.29 is 37.2 Å². The Morgan fingerprint density at radius 1 is 1.06 bits per heavy atom. The Morgan fingerprint density at radius 3 is 2.49 bits per heavy atom. The quantitative estimate of drug-likeness (QED) is 0.275. The van der Waals surface area contributed by atoms with Gasteiger partial charge in [0.2, 0.25) is 15.9 Å². The summed E-state index contributed by atoms with van der Waals surface area (Å²) in [7, 11) is -3.84. The van der Waals surface area contributed by atoms with Crippen LogP contribution in [0.15, 0.2) is 66.4 Å². The van der Waals surface area contributed by atoms with Crippen LogP contribution in [0.4, 0.5) is 4.79 Å². The van der Waals surface area contributed by atoms with Crippen LogP contribution in [0.2, 0.25) is 0 Å². The van der Waals surface area contributed by atoms with Crippen LogP contribution in [-0.4, -0.2) is 61.7 Å². The van der Waals surface area contributed by atoms with E-state index in [-0.39, 0.29) is 49.8 Å². The van der Waals surface area contributed by atoms with Crippen LogP contribution in [0.25, 0.3) is 17.2 Å². The molecular weight excluding hydrogens is 695 g/mol. The third kappa shape index (κ3) is 7.34. The lowest BCUT2D eigenvalue weighted by Crippen LogP contribution is -2.52. The molecule has 2 aromatic carbocycles. The minimum Gasteiger partial charge on any atom is -0.450 e. The van der Waals surface area contributed by atoms with Crippen LogP contribution < -0.4 is 10.0 Å². The summed E-state index contributed by atoms with van der Waals surface area (Å²) in [5.41, 5.74) is 3.52. The first-order valence-corrected chi connectivity index (χ1v) is 20.1. The van der Waals surface area contributed by atoms with Crippen molar-refractivity contribution in [2.24, 2.45) is 33.7 Å². The molecule has 0 aromatic heterocycles. The van der Waals surface area contributed by atoms with E-state index in [1.807, 2.05) is 63.3 Å². The van der Waals surface area contributed by atoms with Crippen LogP contribution >= 0.6 is 0 Å². The summed E-state index contributed by atoms with van der Waals surface area (Å²) in [5.74, 6) is -3.50. The molecule has 53 heavy (non-hydrogen) atoms. The molecule has 12 heteroatoms. The molecule has 5 aliphatic rings. The second kappa shape index (κ2) is 14.0. The molecule has 6 atom stereocenters. The number of ketones is 2. The number of cyclic esters (lactones) is 1. The van der Waals surface area contributed by atoms with Gasteiger partial charge in [-0.1, -0.05) is 80.6 Å². The Hall–Kier alpha value is -4.58. The third-order valence-corrected chi connectivity index (χ3v) is 13.2. The summed E-state index contributed by atoms with van der Waals surface area (Å²) in [6, 6.07) is 13.1. The number of sulfonamides is 1. The van der Waals surface area contributed by atoms with E-state index >= 15 is 0 Å². The molecular formula is C41H47N3O8S. The Labute approximate surface area is 310 Å². The van der Waals surface area contributed by atoms with Crippen molar-refractivity contribution in [2.45, 2.75) is 89.5 Å². The van der Waals surface area contributed by atoms with Crippen molar-refractivity contribution in [1.29, 1.82) is 0 Å². The van der Waals surface area contributed by atoms with Crippen molar-refractivity contribution in [3.8, 4) is 11.1 Å². The number of hydrogen-bond donors (Lipinski definition) is 2. The van der Waals surface area contributed by atoms with Gasteiger partial charge in [0.1, 0.15) is 17.6 Å². The number of hydrogen-bond acceptors (Lipinski definition) is 9. The number of carbonyl (C=O) groups excluding carboxylic acids is 4. The smallest absolute Gasteiger partial charge is 0.407 e. The molecule has 0 radical (unpaired) electrons. The average molecular weight is 742 g/mol. The number of oxime groups is 1. The SMILES string of the molecule is C=C[C@@H]1C[C@]1(CC(=O)[C@@H]1C[C@@H]2CC1C(=O)[C@H](C(C)(C)C)NC(=O)OCCC/C=C/c1ccc3c(c1)/C(=N/O2)c1ccccc1-3)C(=O)NS(=O)(=O)C1CC1. The van der Waals surface area contributed by atoms with Crippen molar-refractivity contribution in [1.82, 2.24) is 10.0 Å². The zero-order chi connectivity index (χ0) is 37.7. The molecule has 0 saturated heterocycles. The maximum Gasteiger partial charge on any atom is 0.407 e. The molecule has 1 heterocycles. The van der Waals surface area contributed by atoms with Crippen molar-refractivity contribution in [2.75, 3.05) is 6.61 Å². The first-order valence-electron chi connectivity index (χ1n) is 18.5. The predicted molar refractivity (Wildman–Crippen MR) is 200 cm³/mol. The van der Waals surface area contributed by atoms with Crippen LogP contribution in [0.1, 0.15) is 88.8 Å². The van der Waals surface area contributed by atoms with Gasteiger partial charge in [-0.3, -0.25) is 19.1 Å². The third-order valence-electron chi connectivity index (χ3n) is 11.4. The fraction of sp³-hybridized carbons (Fsp3) is 0.488. The molecule has 280 valence electrons. The van der Waals surface area contributed by atoms with Crippen molar-refractivity contribution in [3.05, 3.63) is 77.9 Å². The first kappa shape index (κ1) is 36.8. The van der Waals surface area contributed by atoms with Gasteiger partial charge in [-0.15, -0.1) is 6.58 Å². The maximum absolute atomic E-state index is 14.6. The fourth-order valence-corrected chi connectivity index (χ4v) is 9.52. The highest BCUT2D eigenvalue weighted by Crippen LogP contribution is 2.57. The molecule has 0 spiro atoms. The van der Waals surface area contributed by atoms with Gasteiger partial charge in [-0.05, 0) is 79.0 Å². The lowest BCUT2D eigenvalue weighted by Gasteiger charge is -2.33. The lowest BCUT2D eigenvalue weighted by molar-refractivity contribution is -0.136. The number of carbonyl (C=O) groups is 4. The summed E-state index contributed by atoms with van der Waals surface area (Å²) in [5, 5.41) is 6.89. The number of ether oxygens (including phenoxy) is 1. The fourth-order valence-electron chi connectivity index (χ4n) is 8.13. The number of fused-ring (bicyclic) bond motifs is 6. The highest BCUT2D eigenvalue weighted by Gasteiger charge is 2.61. The Morgan fingerprint density at radius 2 is 1.79 bits per heavy atom. The molecule has 2 amide bonds. The highest BCUT2D eigenvalue weighted by atomic mass is 32.2. The van der Waals surface area contributed by atoms with Crippen LogP contribution in [0, 0.1) is 28.6 Å². The molecule has 2 aromatic rings. The average Bonchev–Trinajstić information content (AvgIpc) is 4.03. The number of Topliss-reactive ketones (excluding diaryl/α,β-unsaturated/α-hetero) is 2. The second-order valence-corrected chi connectivity index (χ2v) is 18.2. The maximum atomic E-state index is 14.6. The topological polar surface area (TPSA) is 157 Å². The van der Waals surface area contributed by atoms with Crippen molar-refractivity contribution >= 4 is 45.4 Å². The monoisotopic (exact) mass is 741 g/mol. The van der Waals surface area contributed by atoms with E-state index in [1.54, 1.807) is 6.08 Å². The summed E-state index contributed by atoms with van der Waals surface area (Å²) in [6.07, 6.45) is 6.85. The number of alkyl carbamates (subject to hydrolysis) is 1. The van der Waals surface area contributed by atoms with E-state index < -0.39 is 62.1 Å². The van der Waals surface area contributed by atoms with E-state index in [0.29, 0.717) is 31.4 Å². The molecule has 4 bridgehead atoms. The summed E-state index contributed by atoms with van der Waals surface area (Å²) < 4.78 is 33.2. The Balaban J connectivity index is 1.22. The van der Waals surface area contributed by atoms with Gasteiger partial charge in [-0.2, -0.15) is 0 Å². The second-order valence-electron chi connectivity index (χ2n) is 16.2. The van der Waals surface area contributed by atoms with Crippen molar-refractivity contribution in [3.63, 3.8) is 0 Å². The minimum absolute atomic E-state index is 0.154. The molecule has 11 nitrogen and oxygen atoms in total. The van der Waals surface area contributed by atoms with Crippen LogP contribution in [0.3, 0.4) is 0 Å². The predicted octanol–water partition coefficient (Wildman–Crippen LogP) is 6.11. The molecule has 2 N–H and O–H groups in total. The number of rotatable bonds is 7. The van der Waals surface area contributed by atoms with Gasteiger partial charge in [0.25, 0.3) is 0 Å². The number of nitrogens with one attached hydrogen (secondary N) is 2. The van der Waals surface area contributed by atoms with Crippen LogP contribution in [-0.2, 0) is 34.0 Å². The van der Waals surface area contributed by atoms with E-state index in [9.17, 15) is 27.6 Å². The van der Waals surface area contributed by atoms with Gasteiger partial charge >= 0.3 is 6.09 Å². The summed E-state index contributed by atoms with van der Waals surface area (Å²) >= 11 is 0. The molecule has 3 fully saturated rings. The molecule has 7 rings (SSSR count). The van der Waals surface area contributed by atoms with Gasteiger partial charge in [-0.25, -0.2) is 13.2 Å². The van der Waals surface area contributed by atoms with Gasteiger partial charge < -0.3 is 14.9 Å². The molecule has 4 aliphatic carbocycles. The number of amides is 2. The minimum atomic E-state index is -3.84. The van der Waals surface area contributed by atoms with E-state index in [1.165, 1.54) is 0 Å².